The summed E-state index contributed by atoms with van der Waals surface area (Å²) < 4.78 is 0. The number of hydrogen-bond donors (Lipinski definition) is 1. The maximum Gasteiger partial charge on any atom is 0.123 e. The first-order valence-corrected chi connectivity index (χ1v) is 5.96. The third-order valence-electron chi connectivity index (χ3n) is 2.69. The normalized spacial score (nSPS) is 10.8. The summed E-state index contributed by atoms with van der Waals surface area (Å²) in [4.78, 5) is 4.12. The fourth-order valence-corrected chi connectivity index (χ4v) is 1.93. The highest BCUT2D eigenvalue weighted by Gasteiger charge is 2.01. The average molecular weight is 226 g/mol. The van der Waals surface area contributed by atoms with E-state index in [-0.39, 0.29) is 0 Å². The Kier molecular flexibility index (Phi) is 3.43. The maximum absolute atomic E-state index is 5.59. The molecule has 0 radical (unpaired) electrons. The number of hydrogen-bond acceptors (Lipinski definition) is 2. The highest BCUT2D eigenvalue weighted by molar-refractivity contribution is 5.64. The third kappa shape index (κ3) is 3.06. The van der Waals surface area contributed by atoms with Gasteiger partial charge in [-0.1, -0.05) is 38.1 Å². The molecule has 0 atom stereocenters. The van der Waals surface area contributed by atoms with Crippen molar-refractivity contribution in [3.63, 3.8) is 0 Å². The van der Waals surface area contributed by atoms with E-state index in [9.17, 15) is 0 Å². The van der Waals surface area contributed by atoms with Crippen molar-refractivity contribution in [1.82, 2.24) is 4.98 Å². The monoisotopic (exact) mass is 226 g/mol. The molecule has 1 heterocycles. The summed E-state index contributed by atoms with van der Waals surface area (Å²) in [5, 5.41) is 0. The number of nitrogens with zero attached hydrogens (tertiary/aromatic N) is 1. The molecule has 2 rings (SSSR count). The molecule has 0 spiro atoms. The fraction of sp³-hybridized carbons (Fsp3) is 0.267. The van der Waals surface area contributed by atoms with E-state index in [2.05, 4.69) is 43.1 Å². The number of aromatic nitrogens is 1. The van der Waals surface area contributed by atoms with E-state index in [1.807, 2.05) is 18.3 Å². The van der Waals surface area contributed by atoms with Crippen molar-refractivity contribution in [1.29, 1.82) is 0 Å². The molecule has 0 bridgehead atoms. The van der Waals surface area contributed by atoms with E-state index in [0.717, 1.165) is 12.0 Å². The van der Waals surface area contributed by atoms with Crippen molar-refractivity contribution in [3.8, 4) is 11.1 Å². The van der Waals surface area contributed by atoms with Crippen LogP contribution in [0.3, 0.4) is 0 Å². The molecular formula is C15H18N2. The molecule has 2 heteroatoms. The highest BCUT2D eigenvalue weighted by Crippen LogP contribution is 2.21. The average Bonchev–Trinajstić information content (AvgIpc) is 2.29. The van der Waals surface area contributed by atoms with Crippen LogP contribution in [0.4, 0.5) is 5.82 Å². The van der Waals surface area contributed by atoms with Crippen LogP contribution in [0.15, 0.2) is 42.6 Å². The fourth-order valence-electron chi connectivity index (χ4n) is 1.93. The SMILES string of the molecule is CC(C)Cc1cccc(-c2ccc(N)nc2)c1. The van der Waals surface area contributed by atoms with Crippen LogP contribution in [0, 0.1) is 5.92 Å². The molecule has 2 nitrogen and oxygen atoms in total. The zero-order chi connectivity index (χ0) is 12.3. The molecular weight excluding hydrogens is 208 g/mol. The topological polar surface area (TPSA) is 38.9 Å². The van der Waals surface area contributed by atoms with Crippen LogP contribution < -0.4 is 5.73 Å². The molecule has 0 fully saturated rings. The number of pyridine rings is 1. The van der Waals surface area contributed by atoms with Gasteiger partial charge in [0.15, 0.2) is 0 Å². The van der Waals surface area contributed by atoms with Crippen LogP contribution in [-0.2, 0) is 6.42 Å². The van der Waals surface area contributed by atoms with E-state index >= 15 is 0 Å². The van der Waals surface area contributed by atoms with Crippen molar-refractivity contribution in [2.24, 2.45) is 5.92 Å². The first-order chi connectivity index (χ1) is 8.15. The lowest BCUT2D eigenvalue weighted by atomic mass is 9.99. The zero-order valence-electron chi connectivity index (χ0n) is 10.4. The first kappa shape index (κ1) is 11.6. The number of nitrogen functional groups attached to an aromatic ring is 1. The zero-order valence-corrected chi connectivity index (χ0v) is 10.4. The van der Waals surface area contributed by atoms with Crippen molar-refractivity contribution in [3.05, 3.63) is 48.2 Å². The Morgan fingerprint density at radius 2 is 1.94 bits per heavy atom. The summed E-state index contributed by atoms with van der Waals surface area (Å²) in [7, 11) is 0. The highest BCUT2D eigenvalue weighted by atomic mass is 14.8. The summed E-state index contributed by atoms with van der Waals surface area (Å²) in [5.41, 5.74) is 9.28. The van der Waals surface area contributed by atoms with Gasteiger partial charge in [0.05, 0.1) is 0 Å². The Labute approximate surface area is 103 Å². The summed E-state index contributed by atoms with van der Waals surface area (Å²) in [6.45, 7) is 4.47. The Bertz CT molecular complexity index is 487. The van der Waals surface area contributed by atoms with Gasteiger partial charge >= 0.3 is 0 Å². The van der Waals surface area contributed by atoms with Gasteiger partial charge in [0.25, 0.3) is 0 Å². The minimum atomic E-state index is 0.562. The van der Waals surface area contributed by atoms with Crippen LogP contribution in [0.25, 0.3) is 11.1 Å². The van der Waals surface area contributed by atoms with E-state index in [4.69, 9.17) is 5.73 Å². The molecule has 2 aromatic rings. The third-order valence-corrected chi connectivity index (χ3v) is 2.69. The van der Waals surface area contributed by atoms with Gasteiger partial charge < -0.3 is 5.73 Å². The predicted octanol–water partition coefficient (Wildman–Crippen LogP) is 3.53. The molecule has 1 aromatic carbocycles. The van der Waals surface area contributed by atoms with E-state index in [1.54, 1.807) is 0 Å². The Hall–Kier alpha value is -1.83. The van der Waals surface area contributed by atoms with Gasteiger partial charge in [-0.15, -0.1) is 0 Å². The molecule has 0 amide bonds. The first-order valence-electron chi connectivity index (χ1n) is 5.96. The number of anilines is 1. The van der Waals surface area contributed by atoms with Gasteiger partial charge in [-0.3, -0.25) is 0 Å². The molecule has 0 aliphatic carbocycles. The van der Waals surface area contributed by atoms with Gasteiger partial charge in [0.1, 0.15) is 5.82 Å². The lowest BCUT2D eigenvalue weighted by molar-refractivity contribution is 0.647. The molecule has 0 saturated carbocycles. The molecule has 0 aliphatic rings. The molecule has 88 valence electrons. The van der Waals surface area contributed by atoms with Gasteiger partial charge in [0, 0.05) is 11.8 Å². The Balaban J connectivity index is 2.29. The van der Waals surface area contributed by atoms with E-state index in [1.165, 1.54) is 11.1 Å². The van der Waals surface area contributed by atoms with E-state index < -0.39 is 0 Å². The van der Waals surface area contributed by atoms with Gasteiger partial charge in [-0.25, -0.2) is 4.98 Å². The maximum atomic E-state index is 5.59. The smallest absolute Gasteiger partial charge is 0.123 e. The predicted molar refractivity (Wildman–Crippen MR) is 72.6 cm³/mol. The van der Waals surface area contributed by atoms with Crippen LogP contribution in [0.2, 0.25) is 0 Å². The van der Waals surface area contributed by atoms with Gasteiger partial charge in [-0.05, 0) is 35.6 Å². The van der Waals surface area contributed by atoms with Crippen LogP contribution >= 0.6 is 0 Å². The summed E-state index contributed by atoms with van der Waals surface area (Å²) >= 11 is 0. The van der Waals surface area contributed by atoms with Crippen LogP contribution in [0.1, 0.15) is 19.4 Å². The molecule has 0 saturated heterocycles. The second-order valence-electron chi connectivity index (χ2n) is 4.77. The van der Waals surface area contributed by atoms with Crippen molar-refractivity contribution >= 4 is 5.82 Å². The lowest BCUT2D eigenvalue weighted by Gasteiger charge is -2.07. The van der Waals surface area contributed by atoms with Gasteiger partial charge in [-0.2, -0.15) is 0 Å². The van der Waals surface area contributed by atoms with Crippen molar-refractivity contribution < 1.29 is 0 Å². The van der Waals surface area contributed by atoms with Crippen molar-refractivity contribution in [2.75, 3.05) is 5.73 Å². The Morgan fingerprint density at radius 3 is 2.59 bits per heavy atom. The second-order valence-corrected chi connectivity index (χ2v) is 4.77. The molecule has 17 heavy (non-hydrogen) atoms. The van der Waals surface area contributed by atoms with Crippen molar-refractivity contribution in [2.45, 2.75) is 20.3 Å². The standard InChI is InChI=1S/C15H18N2/c1-11(2)8-12-4-3-5-13(9-12)14-6-7-15(16)17-10-14/h3-7,9-11H,8H2,1-2H3,(H2,16,17). The lowest BCUT2D eigenvalue weighted by Crippen LogP contribution is -1.94. The number of nitrogens with two attached hydrogens (primary N) is 1. The summed E-state index contributed by atoms with van der Waals surface area (Å²) in [6, 6.07) is 12.5. The second kappa shape index (κ2) is 5.00. The molecule has 0 aliphatic heterocycles. The summed E-state index contributed by atoms with van der Waals surface area (Å²) in [6.07, 6.45) is 2.93. The number of benzene rings is 1. The van der Waals surface area contributed by atoms with Crippen LogP contribution in [-0.4, -0.2) is 4.98 Å². The largest absolute Gasteiger partial charge is 0.384 e. The quantitative estimate of drug-likeness (QED) is 0.869. The molecule has 2 N–H and O–H groups in total. The van der Waals surface area contributed by atoms with Gasteiger partial charge in [0.2, 0.25) is 0 Å². The Morgan fingerprint density at radius 1 is 1.12 bits per heavy atom. The minimum Gasteiger partial charge on any atom is -0.384 e. The molecule has 0 unspecified atom stereocenters. The molecule has 1 aromatic heterocycles. The van der Waals surface area contributed by atoms with Crippen LogP contribution in [0.5, 0.6) is 0 Å². The minimum absolute atomic E-state index is 0.562. The number of rotatable bonds is 3. The summed E-state index contributed by atoms with van der Waals surface area (Å²) in [5.74, 6) is 1.24. The van der Waals surface area contributed by atoms with E-state index in [0.29, 0.717) is 11.7 Å².